The number of nitrogens with zero attached hydrogens (tertiary/aromatic N) is 2. The van der Waals surface area contributed by atoms with Crippen molar-refractivity contribution < 1.29 is 14.3 Å². The number of ether oxygens (including phenoxy) is 1. The maximum absolute atomic E-state index is 12.1. The van der Waals surface area contributed by atoms with Crippen LogP contribution in [0.1, 0.15) is 43.1 Å². The molecule has 2 aromatic heterocycles. The van der Waals surface area contributed by atoms with E-state index in [9.17, 15) is 9.59 Å². The van der Waals surface area contributed by atoms with Gasteiger partial charge < -0.3 is 10.1 Å². The zero-order valence-electron chi connectivity index (χ0n) is 13.4. The van der Waals surface area contributed by atoms with Crippen LogP contribution < -0.4 is 5.32 Å². The SMILES string of the molecule is CC(C)(C)OC(=O)c1cn[nH]c1NC(=O)CCc1ccncc1. The molecule has 0 bridgehead atoms. The Bertz CT molecular complexity index is 674. The van der Waals surface area contributed by atoms with E-state index < -0.39 is 11.6 Å². The molecule has 0 aromatic carbocycles. The summed E-state index contributed by atoms with van der Waals surface area (Å²) in [6.07, 6.45) is 5.58. The first-order chi connectivity index (χ1) is 10.8. The molecule has 0 saturated carbocycles. The highest BCUT2D eigenvalue weighted by molar-refractivity contribution is 6.00. The van der Waals surface area contributed by atoms with Crippen molar-refractivity contribution >= 4 is 17.7 Å². The molecular weight excluding hydrogens is 296 g/mol. The summed E-state index contributed by atoms with van der Waals surface area (Å²) in [7, 11) is 0. The number of hydrogen-bond donors (Lipinski definition) is 2. The first kappa shape index (κ1) is 16.7. The van der Waals surface area contributed by atoms with Crippen molar-refractivity contribution in [2.24, 2.45) is 0 Å². The topological polar surface area (TPSA) is 97.0 Å². The summed E-state index contributed by atoms with van der Waals surface area (Å²) in [6, 6.07) is 3.71. The summed E-state index contributed by atoms with van der Waals surface area (Å²) in [5, 5.41) is 9.06. The van der Waals surface area contributed by atoms with E-state index in [1.165, 1.54) is 6.20 Å². The largest absolute Gasteiger partial charge is 0.456 e. The van der Waals surface area contributed by atoms with E-state index in [-0.39, 0.29) is 23.7 Å². The number of aromatic amines is 1. The quantitative estimate of drug-likeness (QED) is 0.825. The Hall–Kier alpha value is -2.70. The van der Waals surface area contributed by atoms with Gasteiger partial charge in [-0.2, -0.15) is 5.10 Å². The first-order valence-electron chi connectivity index (χ1n) is 7.30. The van der Waals surface area contributed by atoms with E-state index in [1.54, 1.807) is 33.2 Å². The number of carbonyl (C=O) groups excluding carboxylic acids is 2. The second-order valence-corrected chi connectivity index (χ2v) is 6.06. The van der Waals surface area contributed by atoms with Crippen molar-refractivity contribution in [1.82, 2.24) is 15.2 Å². The maximum Gasteiger partial charge on any atom is 0.344 e. The van der Waals surface area contributed by atoms with Crippen LogP contribution in [-0.2, 0) is 16.0 Å². The van der Waals surface area contributed by atoms with E-state index in [0.717, 1.165) is 5.56 Å². The van der Waals surface area contributed by atoms with Gasteiger partial charge in [0.15, 0.2) is 0 Å². The van der Waals surface area contributed by atoms with Gasteiger partial charge in [0.2, 0.25) is 5.91 Å². The molecule has 0 unspecified atom stereocenters. The third kappa shape index (κ3) is 5.21. The van der Waals surface area contributed by atoms with Gasteiger partial charge in [-0.1, -0.05) is 0 Å². The zero-order chi connectivity index (χ0) is 16.9. The molecule has 2 heterocycles. The molecule has 122 valence electrons. The van der Waals surface area contributed by atoms with Crippen molar-refractivity contribution in [3.63, 3.8) is 0 Å². The summed E-state index contributed by atoms with van der Waals surface area (Å²) in [6.45, 7) is 5.33. The minimum Gasteiger partial charge on any atom is -0.456 e. The van der Waals surface area contributed by atoms with Gasteiger partial charge in [0.05, 0.1) is 6.20 Å². The highest BCUT2D eigenvalue weighted by atomic mass is 16.6. The molecule has 0 spiro atoms. The van der Waals surface area contributed by atoms with Crippen molar-refractivity contribution in [3.05, 3.63) is 41.9 Å². The van der Waals surface area contributed by atoms with Crippen molar-refractivity contribution in [2.45, 2.75) is 39.2 Å². The van der Waals surface area contributed by atoms with Gasteiger partial charge in [0, 0.05) is 18.8 Å². The van der Waals surface area contributed by atoms with Gasteiger partial charge in [-0.15, -0.1) is 0 Å². The molecule has 0 atom stereocenters. The highest BCUT2D eigenvalue weighted by Gasteiger charge is 2.22. The predicted octanol–water partition coefficient (Wildman–Crippen LogP) is 2.33. The maximum atomic E-state index is 12.1. The summed E-state index contributed by atoms with van der Waals surface area (Å²) < 4.78 is 5.28. The molecule has 0 fully saturated rings. The number of aryl methyl sites for hydroxylation is 1. The van der Waals surface area contributed by atoms with Crippen molar-refractivity contribution in [1.29, 1.82) is 0 Å². The molecule has 2 aromatic rings. The molecule has 23 heavy (non-hydrogen) atoms. The Morgan fingerprint density at radius 3 is 2.61 bits per heavy atom. The molecule has 1 amide bonds. The Labute approximate surface area is 134 Å². The molecule has 2 rings (SSSR count). The molecular formula is C16H20N4O3. The number of hydrogen-bond acceptors (Lipinski definition) is 5. The monoisotopic (exact) mass is 316 g/mol. The standard InChI is InChI=1S/C16H20N4O3/c1-16(2,3)23-15(22)12-10-18-20-14(12)19-13(21)5-4-11-6-8-17-9-7-11/h6-10H,4-5H2,1-3H3,(H2,18,19,20,21). The van der Waals surface area contributed by atoms with Crippen LogP contribution in [0.5, 0.6) is 0 Å². The number of carbonyl (C=O) groups is 2. The van der Waals surface area contributed by atoms with E-state index >= 15 is 0 Å². The van der Waals surface area contributed by atoms with Crippen LogP contribution in [0.25, 0.3) is 0 Å². The summed E-state index contributed by atoms with van der Waals surface area (Å²) in [5.41, 5.74) is 0.612. The number of anilines is 1. The van der Waals surface area contributed by atoms with Crippen LogP contribution in [0.2, 0.25) is 0 Å². The average molecular weight is 316 g/mol. The van der Waals surface area contributed by atoms with Gasteiger partial charge in [0.25, 0.3) is 0 Å². The third-order valence-electron chi connectivity index (χ3n) is 2.91. The molecule has 7 nitrogen and oxygen atoms in total. The number of esters is 1. The minimum atomic E-state index is -0.614. The summed E-state index contributed by atoms with van der Waals surface area (Å²) in [5.74, 6) is -0.495. The Morgan fingerprint density at radius 1 is 1.26 bits per heavy atom. The van der Waals surface area contributed by atoms with Crippen LogP contribution in [-0.4, -0.2) is 32.7 Å². The molecule has 0 aliphatic rings. The highest BCUT2D eigenvalue weighted by Crippen LogP contribution is 2.17. The van der Waals surface area contributed by atoms with Crippen LogP contribution in [0.4, 0.5) is 5.82 Å². The molecule has 7 heteroatoms. The number of aromatic nitrogens is 3. The van der Waals surface area contributed by atoms with Crippen molar-refractivity contribution in [3.8, 4) is 0 Å². The second-order valence-electron chi connectivity index (χ2n) is 6.06. The number of H-pyrrole nitrogens is 1. The molecule has 0 saturated heterocycles. The van der Waals surface area contributed by atoms with E-state index in [4.69, 9.17) is 4.74 Å². The van der Waals surface area contributed by atoms with Crippen LogP contribution in [0.15, 0.2) is 30.7 Å². The first-order valence-corrected chi connectivity index (χ1v) is 7.30. The van der Waals surface area contributed by atoms with Crippen molar-refractivity contribution in [2.75, 3.05) is 5.32 Å². The van der Waals surface area contributed by atoms with Crippen LogP contribution >= 0.6 is 0 Å². The van der Waals surface area contributed by atoms with Crippen LogP contribution in [0.3, 0.4) is 0 Å². The fraction of sp³-hybridized carbons (Fsp3) is 0.375. The Kier molecular flexibility index (Phi) is 5.10. The Morgan fingerprint density at radius 2 is 1.96 bits per heavy atom. The summed E-state index contributed by atoms with van der Waals surface area (Å²) in [4.78, 5) is 28.0. The average Bonchev–Trinajstić information content (AvgIpc) is 2.93. The lowest BCUT2D eigenvalue weighted by atomic mass is 10.1. The summed E-state index contributed by atoms with van der Waals surface area (Å²) >= 11 is 0. The van der Waals surface area contributed by atoms with Crippen LogP contribution in [0, 0.1) is 0 Å². The number of nitrogens with one attached hydrogen (secondary N) is 2. The fourth-order valence-corrected chi connectivity index (χ4v) is 1.88. The van der Waals surface area contributed by atoms with Gasteiger partial charge in [-0.05, 0) is 44.9 Å². The number of rotatable bonds is 5. The molecule has 0 radical (unpaired) electrons. The molecule has 0 aliphatic carbocycles. The second kappa shape index (κ2) is 7.04. The third-order valence-corrected chi connectivity index (χ3v) is 2.91. The normalized spacial score (nSPS) is 11.1. The smallest absolute Gasteiger partial charge is 0.344 e. The Balaban J connectivity index is 1.94. The zero-order valence-corrected chi connectivity index (χ0v) is 13.4. The predicted molar refractivity (Wildman–Crippen MR) is 84.9 cm³/mol. The van der Waals surface area contributed by atoms with E-state index in [0.29, 0.717) is 6.42 Å². The number of amides is 1. The molecule has 0 aliphatic heterocycles. The minimum absolute atomic E-state index is 0.206. The van der Waals surface area contributed by atoms with Gasteiger partial charge in [0.1, 0.15) is 17.0 Å². The molecule has 2 N–H and O–H groups in total. The van der Waals surface area contributed by atoms with E-state index in [1.807, 2.05) is 12.1 Å². The lowest BCUT2D eigenvalue weighted by molar-refractivity contribution is -0.116. The van der Waals surface area contributed by atoms with Gasteiger partial charge in [-0.3, -0.25) is 14.9 Å². The lowest BCUT2D eigenvalue weighted by Gasteiger charge is -2.19. The van der Waals surface area contributed by atoms with Gasteiger partial charge in [-0.25, -0.2) is 4.79 Å². The van der Waals surface area contributed by atoms with E-state index in [2.05, 4.69) is 20.5 Å². The number of pyridine rings is 1. The lowest BCUT2D eigenvalue weighted by Crippen LogP contribution is -2.24. The fourth-order valence-electron chi connectivity index (χ4n) is 1.88. The van der Waals surface area contributed by atoms with Gasteiger partial charge >= 0.3 is 5.97 Å².